The Morgan fingerprint density at radius 2 is 2.26 bits per heavy atom. The van der Waals surface area contributed by atoms with Crippen molar-refractivity contribution in [2.45, 2.75) is 64.4 Å². The summed E-state index contributed by atoms with van der Waals surface area (Å²) in [5, 5.41) is 9.72. The summed E-state index contributed by atoms with van der Waals surface area (Å²) in [6, 6.07) is 5.81. The Bertz CT molecular complexity index is 552. The van der Waals surface area contributed by atoms with Gasteiger partial charge in [-0.1, -0.05) is 25.6 Å². The van der Waals surface area contributed by atoms with E-state index in [1.54, 1.807) is 0 Å². The summed E-state index contributed by atoms with van der Waals surface area (Å²) < 4.78 is 11.4. The van der Waals surface area contributed by atoms with Crippen LogP contribution in [0.3, 0.4) is 0 Å². The molecule has 0 radical (unpaired) electrons. The molecule has 0 amide bonds. The number of carbonyl (C=O) groups excluding carboxylic acids is 1. The van der Waals surface area contributed by atoms with Crippen LogP contribution in [0.4, 0.5) is 0 Å². The summed E-state index contributed by atoms with van der Waals surface area (Å²) in [4.78, 5) is 11.4. The minimum atomic E-state index is -0.386. The van der Waals surface area contributed by atoms with E-state index in [1.165, 1.54) is 0 Å². The molecule has 3 atom stereocenters. The lowest BCUT2D eigenvalue weighted by Gasteiger charge is -2.32. The third-order valence-corrected chi connectivity index (χ3v) is 4.36. The van der Waals surface area contributed by atoms with Crippen molar-refractivity contribution in [3.8, 4) is 0 Å². The molecule has 4 heteroatoms. The molecule has 1 aromatic carbocycles. The van der Waals surface area contributed by atoms with Crippen molar-refractivity contribution >= 4 is 6.29 Å². The quantitative estimate of drug-likeness (QED) is 0.618. The van der Waals surface area contributed by atoms with Crippen molar-refractivity contribution in [2.75, 3.05) is 0 Å². The first-order valence-corrected chi connectivity index (χ1v) is 8.24. The van der Waals surface area contributed by atoms with Crippen molar-refractivity contribution in [3.05, 3.63) is 47.2 Å². The fourth-order valence-corrected chi connectivity index (χ4v) is 2.77. The van der Waals surface area contributed by atoms with Crippen LogP contribution in [0.2, 0.25) is 0 Å². The van der Waals surface area contributed by atoms with Gasteiger partial charge in [-0.15, -0.1) is 0 Å². The summed E-state index contributed by atoms with van der Waals surface area (Å²) >= 11 is 0. The SMILES string of the molecule is C=C(CC)OCc1ccc(C[C@@H]2CC[C@H](O)C(C)O2)c(C=O)c1. The molecule has 1 aromatic rings. The number of ether oxygens (including phenoxy) is 2. The summed E-state index contributed by atoms with van der Waals surface area (Å²) in [6.07, 6.45) is 3.42. The molecule has 0 spiro atoms. The zero-order valence-corrected chi connectivity index (χ0v) is 14.0. The van der Waals surface area contributed by atoms with Crippen molar-refractivity contribution in [1.29, 1.82) is 0 Å². The molecule has 1 aliphatic rings. The van der Waals surface area contributed by atoms with Crippen molar-refractivity contribution < 1.29 is 19.4 Å². The molecule has 0 aliphatic carbocycles. The molecular formula is C19H26O4. The molecule has 1 aliphatic heterocycles. The maximum atomic E-state index is 11.4. The van der Waals surface area contributed by atoms with Gasteiger partial charge < -0.3 is 14.6 Å². The van der Waals surface area contributed by atoms with E-state index in [2.05, 4.69) is 6.58 Å². The van der Waals surface area contributed by atoms with E-state index in [4.69, 9.17) is 9.47 Å². The van der Waals surface area contributed by atoms with Crippen LogP contribution in [-0.2, 0) is 22.5 Å². The molecule has 0 aromatic heterocycles. The second-order valence-corrected chi connectivity index (χ2v) is 6.14. The van der Waals surface area contributed by atoms with Crippen molar-refractivity contribution in [1.82, 2.24) is 0 Å². The Morgan fingerprint density at radius 1 is 1.48 bits per heavy atom. The van der Waals surface area contributed by atoms with Crippen LogP contribution in [0, 0.1) is 0 Å². The predicted molar refractivity (Wildman–Crippen MR) is 89.3 cm³/mol. The van der Waals surface area contributed by atoms with Crippen LogP contribution in [0.1, 0.15) is 54.6 Å². The number of allylic oxidation sites excluding steroid dienone is 1. The second-order valence-electron chi connectivity index (χ2n) is 6.14. The lowest BCUT2D eigenvalue weighted by Crippen LogP contribution is -2.37. The molecule has 1 fully saturated rings. The summed E-state index contributed by atoms with van der Waals surface area (Å²) in [6.45, 7) is 8.12. The number of carbonyl (C=O) groups is 1. The lowest BCUT2D eigenvalue weighted by molar-refractivity contribution is -0.107. The molecule has 23 heavy (non-hydrogen) atoms. The van der Waals surface area contributed by atoms with E-state index >= 15 is 0 Å². The average Bonchev–Trinajstić information content (AvgIpc) is 2.56. The van der Waals surface area contributed by atoms with Gasteiger partial charge >= 0.3 is 0 Å². The largest absolute Gasteiger partial charge is 0.494 e. The molecule has 1 heterocycles. The van der Waals surface area contributed by atoms with Gasteiger partial charge in [0.1, 0.15) is 12.9 Å². The first-order valence-electron chi connectivity index (χ1n) is 8.24. The molecule has 1 unspecified atom stereocenters. The normalized spacial score (nSPS) is 24.2. The zero-order chi connectivity index (χ0) is 16.8. The minimum Gasteiger partial charge on any atom is -0.494 e. The number of hydrogen-bond donors (Lipinski definition) is 1. The summed E-state index contributed by atoms with van der Waals surface area (Å²) in [5.41, 5.74) is 2.61. The minimum absolute atomic E-state index is 0.0501. The lowest BCUT2D eigenvalue weighted by atomic mass is 9.94. The highest BCUT2D eigenvalue weighted by molar-refractivity contribution is 5.77. The molecule has 0 bridgehead atoms. The smallest absolute Gasteiger partial charge is 0.150 e. The highest BCUT2D eigenvalue weighted by Crippen LogP contribution is 2.24. The molecule has 0 saturated carbocycles. The Kier molecular flexibility index (Phi) is 6.37. The van der Waals surface area contributed by atoms with Gasteiger partial charge in [-0.2, -0.15) is 0 Å². The van der Waals surface area contributed by atoms with Crippen molar-refractivity contribution in [3.63, 3.8) is 0 Å². The second kappa shape index (κ2) is 8.27. The van der Waals surface area contributed by atoms with Gasteiger partial charge in [0.2, 0.25) is 0 Å². The van der Waals surface area contributed by atoms with Crippen molar-refractivity contribution in [2.24, 2.45) is 0 Å². The van der Waals surface area contributed by atoms with Gasteiger partial charge in [0.15, 0.2) is 0 Å². The summed E-state index contributed by atoms with van der Waals surface area (Å²) in [7, 11) is 0. The van der Waals surface area contributed by atoms with Gasteiger partial charge in [0, 0.05) is 12.0 Å². The average molecular weight is 318 g/mol. The van der Waals surface area contributed by atoms with Crippen LogP contribution < -0.4 is 0 Å². The molecule has 1 N–H and O–H groups in total. The topological polar surface area (TPSA) is 55.8 Å². The number of rotatable bonds is 7. The van der Waals surface area contributed by atoms with Crippen LogP contribution >= 0.6 is 0 Å². The standard InChI is InChI=1S/C19H26O4/c1-4-13(2)22-12-15-5-6-16(17(9-15)11-20)10-18-7-8-19(21)14(3)23-18/h5-6,9,11,14,18-19,21H,2,4,7-8,10,12H2,1,3H3/t14?,18-,19-/m0/s1. The molecule has 4 nitrogen and oxygen atoms in total. The Labute approximate surface area is 138 Å². The molecule has 126 valence electrons. The number of benzene rings is 1. The predicted octanol–water partition coefficient (Wildman–Crippen LogP) is 3.41. The Hall–Kier alpha value is -1.65. The van der Waals surface area contributed by atoms with Gasteiger partial charge in [-0.3, -0.25) is 4.79 Å². The number of aldehydes is 1. The first kappa shape index (κ1) is 17.7. The number of aliphatic hydroxyl groups excluding tert-OH is 1. The molecular weight excluding hydrogens is 292 g/mol. The van der Waals surface area contributed by atoms with Gasteiger partial charge in [0.25, 0.3) is 0 Å². The Morgan fingerprint density at radius 3 is 2.91 bits per heavy atom. The highest BCUT2D eigenvalue weighted by atomic mass is 16.5. The van der Waals surface area contributed by atoms with Crippen LogP contribution in [0.15, 0.2) is 30.5 Å². The van der Waals surface area contributed by atoms with Gasteiger partial charge in [0.05, 0.1) is 24.1 Å². The number of hydrogen-bond acceptors (Lipinski definition) is 4. The first-order chi connectivity index (χ1) is 11.0. The van der Waals surface area contributed by atoms with Crippen LogP contribution in [0.25, 0.3) is 0 Å². The third kappa shape index (κ3) is 4.91. The maximum absolute atomic E-state index is 11.4. The highest BCUT2D eigenvalue weighted by Gasteiger charge is 2.27. The number of aliphatic hydroxyl groups is 1. The summed E-state index contributed by atoms with van der Waals surface area (Å²) in [5.74, 6) is 0.741. The van der Waals surface area contributed by atoms with Gasteiger partial charge in [-0.25, -0.2) is 0 Å². The van der Waals surface area contributed by atoms with E-state index in [0.29, 0.717) is 18.6 Å². The van der Waals surface area contributed by atoms with E-state index in [-0.39, 0.29) is 18.3 Å². The monoisotopic (exact) mass is 318 g/mol. The van der Waals surface area contributed by atoms with E-state index < -0.39 is 0 Å². The Balaban J connectivity index is 2.02. The van der Waals surface area contributed by atoms with Crippen LogP contribution in [-0.4, -0.2) is 29.7 Å². The van der Waals surface area contributed by atoms with E-state index in [1.807, 2.05) is 32.0 Å². The van der Waals surface area contributed by atoms with E-state index in [0.717, 1.165) is 42.4 Å². The molecule has 2 rings (SSSR count). The fourth-order valence-electron chi connectivity index (χ4n) is 2.77. The zero-order valence-electron chi connectivity index (χ0n) is 14.0. The third-order valence-electron chi connectivity index (χ3n) is 4.36. The maximum Gasteiger partial charge on any atom is 0.150 e. The van der Waals surface area contributed by atoms with Gasteiger partial charge in [-0.05, 0) is 43.4 Å². The van der Waals surface area contributed by atoms with E-state index in [9.17, 15) is 9.90 Å². The fraction of sp³-hybridized carbons (Fsp3) is 0.526. The van der Waals surface area contributed by atoms with Crippen LogP contribution in [0.5, 0.6) is 0 Å². The molecule has 1 saturated heterocycles.